The first-order chi connectivity index (χ1) is 13.6. The fraction of sp³-hybridized carbons (Fsp3) is 0.524. The molecule has 0 saturated carbocycles. The number of nitrogens with zero attached hydrogens (tertiary/aromatic N) is 2. The number of imide groups is 2. The van der Waals surface area contributed by atoms with Crippen molar-refractivity contribution in [1.29, 1.82) is 0 Å². The molecular formula is C21H29N3O5. The molecule has 0 bridgehead atoms. The molecule has 8 heteroatoms. The lowest BCUT2D eigenvalue weighted by atomic mass is 9.87. The first-order valence-corrected chi connectivity index (χ1v) is 9.82. The van der Waals surface area contributed by atoms with Gasteiger partial charge in [-0.3, -0.25) is 19.3 Å². The van der Waals surface area contributed by atoms with Crippen LogP contribution in [-0.4, -0.2) is 59.8 Å². The molecule has 1 N–H and O–H groups in total. The summed E-state index contributed by atoms with van der Waals surface area (Å²) >= 11 is 0. The van der Waals surface area contributed by atoms with Gasteiger partial charge in [-0.2, -0.15) is 0 Å². The highest BCUT2D eigenvalue weighted by Gasteiger charge is 2.44. The Hall–Kier alpha value is -2.90. The van der Waals surface area contributed by atoms with Gasteiger partial charge in [-0.25, -0.2) is 9.69 Å². The minimum absolute atomic E-state index is 0.0600. The quantitative estimate of drug-likeness (QED) is 0.387. The van der Waals surface area contributed by atoms with Crippen LogP contribution in [0, 0.1) is 0 Å². The largest absolute Gasteiger partial charge is 0.492 e. The lowest BCUT2D eigenvalue weighted by Gasteiger charge is -2.19. The Labute approximate surface area is 171 Å². The number of ether oxygens (including phenoxy) is 1. The van der Waals surface area contributed by atoms with Crippen molar-refractivity contribution < 1.29 is 23.9 Å². The molecule has 1 fully saturated rings. The number of carbonyl (C=O) groups excluding carboxylic acids is 4. The zero-order chi connectivity index (χ0) is 21.6. The molecule has 5 amide bonds. The molecule has 1 aromatic carbocycles. The van der Waals surface area contributed by atoms with Crippen molar-refractivity contribution in [3.05, 3.63) is 29.8 Å². The van der Waals surface area contributed by atoms with Gasteiger partial charge in [0.25, 0.3) is 0 Å². The van der Waals surface area contributed by atoms with Gasteiger partial charge in [-0.15, -0.1) is 0 Å². The van der Waals surface area contributed by atoms with Crippen LogP contribution in [0.2, 0.25) is 0 Å². The zero-order valence-electron chi connectivity index (χ0n) is 17.5. The number of urea groups is 1. The third kappa shape index (κ3) is 5.79. The monoisotopic (exact) mass is 403 g/mol. The molecule has 0 spiro atoms. The number of hydrogen-bond donors (Lipinski definition) is 1. The Kier molecular flexibility index (Phi) is 7.36. The second kappa shape index (κ2) is 9.54. The van der Waals surface area contributed by atoms with Gasteiger partial charge in [0.15, 0.2) is 0 Å². The van der Waals surface area contributed by atoms with E-state index in [9.17, 15) is 19.2 Å². The second-order valence-electron chi connectivity index (χ2n) is 7.96. The Bertz CT molecular complexity index is 768. The average Bonchev–Trinajstić information content (AvgIpc) is 2.86. The Morgan fingerprint density at radius 2 is 1.66 bits per heavy atom. The number of benzene rings is 1. The molecule has 0 atom stereocenters. The summed E-state index contributed by atoms with van der Waals surface area (Å²) in [7, 11) is 0. The zero-order valence-corrected chi connectivity index (χ0v) is 17.5. The molecule has 1 saturated heterocycles. The average molecular weight is 403 g/mol. The van der Waals surface area contributed by atoms with Gasteiger partial charge in [0.2, 0.25) is 5.91 Å². The Morgan fingerprint density at radius 3 is 2.24 bits per heavy atom. The lowest BCUT2D eigenvalue weighted by Crippen LogP contribution is -2.42. The standard InChI is InChI=1S/C21H29N3O5/c1-5-6-12-23-18(26)19(27)24(20(23)28)14-17(25)22-11-13-29-16-9-7-15(8-10-16)21(2,3)4/h7-10H,5-6,11-14H2,1-4H3,(H,22,25). The van der Waals surface area contributed by atoms with Crippen LogP contribution >= 0.6 is 0 Å². The van der Waals surface area contributed by atoms with E-state index in [2.05, 4.69) is 26.1 Å². The van der Waals surface area contributed by atoms with Crippen LogP contribution in [0.3, 0.4) is 0 Å². The molecule has 1 aromatic rings. The van der Waals surface area contributed by atoms with Gasteiger partial charge in [0, 0.05) is 6.54 Å². The fourth-order valence-corrected chi connectivity index (χ4v) is 2.81. The fourth-order valence-electron chi connectivity index (χ4n) is 2.81. The van der Waals surface area contributed by atoms with E-state index in [1.165, 1.54) is 5.56 Å². The van der Waals surface area contributed by atoms with E-state index >= 15 is 0 Å². The van der Waals surface area contributed by atoms with Crippen LogP contribution in [0.5, 0.6) is 5.75 Å². The molecule has 29 heavy (non-hydrogen) atoms. The number of amides is 5. The smallest absolute Gasteiger partial charge is 0.334 e. The van der Waals surface area contributed by atoms with E-state index in [1.54, 1.807) is 0 Å². The number of unbranched alkanes of at least 4 members (excludes halogenated alkanes) is 1. The van der Waals surface area contributed by atoms with Crippen LogP contribution in [0.4, 0.5) is 4.79 Å². The molecule has 0 radical (unpaired) electrons. The van der Waals surface area contributed by atoms with E-state index < -0.39 is 30.3 Å². The van der Waals surface area contributed by atoms with E-state index in [0.717, 1.165) is 11.3 Å². The number of rotatable bonds is 9. The number of nitrogens with one attached hydrogen (secondary N) is 1. The first kappa shape index (κ1) is 22.4. The van der Waals surface area contributed by atoms with Gasteiger partial charge in [0.05, 0.1) is 6.54 Å². The van der Waals surface area contributed by atoms with Crippen molar-refractivity contribution in [2.45, 2.75) is 46.0 Å². The van der Waals surface area contributed by atoms with Crippen molar-refractivity contribution in [1.82, 2.24) is 15.1 Å². The number of hydrogen-bond acceptors (Lipinski definition) is 5. The Morgan fingerprint density at radius 1 is 1.03 bits per heavy atom. The molecule has 158 valence electrons. The van der Waals surface area contributed by atoms with Gasteiger partial charge >= 0.3 is 17.8 Å². The SMILES string of the molecule is CCCCN1C(=O)C(=O)N(CC(=O)NCCOc2ccc(C(C)(C)C)cc2)C1=O. The Balaban J connectivity index is 1.76. The second-order valence-corrected chi connectivity index (χ2v) is 7.96. The van der Waals surface area contributed by atoms with E-state index in [1.807, 2.05) is 31.2 Å². The summed E-state index contributed by atoms with van der Waals surface area (Å²) in [6.07, 6.45) is 1.39. The summed E-state index contributed by atoms with van der Waals surface area (Å²) in [6.45, 7) is 8.46. The maximum atomic E-state index is 12.2. The summed E-state index contributed by atoms with van der Waals surface area (Å²) in [5.74, 6) is -1.67. The molecule has 1 aliphatic heterocycles. The van der Waals surface area contributed by atoms with Crippen molar-refractivity contribution in [3.63, 3.8) is 0 Å². The van der Waals surface area contributed by atoms with Crippen LogP contribution in [0.25, 0.3) is 0 Å². The highest BCUT2D eigenvalue weighted by Crippen LogP contribution is 2.24. The van der Waals surface area contributed by atoms with Gasteiger partial charge in [-0.1, -0.05) is 46.2 Å². The highest BCUT2D eigenvalue weighted by atomic mass is 16.5. The third-order valence-corrected chi connectivity index (χ3v) is 4.59. The number of carbonyl (C=O) groups is 4. The van der Waals surface area contributed by atoms with Crippen LogP contribution < -0.4 is 10.1 Å². The minimum Gasteiger partial charge on any atom is -0.492 e. The summed E-state index contributed by atoms with van der Waals surface area (Å²) in [5.41, 5.74) is 1.25. The van der Waals surface area contributed by atoms with Gasteiger partial charge < -0.3 is 10.1 Å². The molecule has 0 unspecified atom stereocenters. The van der Waals surface area contributed by atoms with E-state index in [0.29, 0.717) is 17.1 Å². The molecule has 0 aromatic heterocycles. The highest BCUT2D eigenvalue weighted by molar-refractivity contribution is 6.45. The van der Waals surface area contributed by atoms with Crippen molar-refractivity contribution in [2.24, 2.45) is 0 Å². The summed E-state index contributed by atoms with van der Waals surface area (Å²) in [5, 5.41) is 2.59. The van der Waals surface area contributed by atoms with Gasteiger partial charge in [0.1, 0.15) is 18.9 Å². The molecule has 1 heterocycles. The van der Waals surface area contributed by atoms with E-state index in [4.69, 9.17) is 4.74 Å². The van der Waals surface area contributed by atoms with Crippen molar-refractivity contribution in [3.8, 4) is 5.75 Å². The maximum absolute atomic E-state index is 12.2. The molecular weight excluding hydrogens is 374 g/mol. The van der Waals surface area contributed by atoms with Crippen LogP contribution in [0.15, 0.2) is 24.3 Å². The van der Waals surface area contributed by atoms with Crippen molar-refractivity contribution in [2.75, 3.05) is 26.2 Å². The summed E-state index contributed by atoms with van der Waals surface area (Å²) in [6, 6.07) is 7.01. The van der Waals surface area contributed by atoms with Crippen LogP contribution in [-0.2, 0) is 19.8 Å². The predicted molar refractivity (Wildman–Crippen MR) is 107 cm³/mol. The normalized spacial score (nSPS) is 14.6. The predicted octanol–water partition coefficient (Wildman–Crippen LogP) is 2.07. The molecule has 0 aliphatic carbocycles. The summed E-state index contributed by atoms with van der Waals surface area (Å²) < 4.78 is 5.59. The lowest BCUT2D eigenvalue weighted by molar-refractivity contribution is -0.144. The third-order valence-electron chi connectivity index (χ3n) is 4.59. The van der Waals surface area contributed by atoms with E-state index in [-0.39, 0.29) is 25.1 Å². The summed E-state index contributed by atoms with van der Waals surface area (Å²) in [4.78, 5) is 49.6. The molecule has 2 rings (SSSR count). The van der Waals surface area contributed by atoms with Crippen molar-refractivity contribution >= 4 is 23.8 Å². The van der Waals surface area contributed by atoms with Gasteiger partial charge in [-0.05, 0) is 29.5 Å². The molecule has 8 nitrogen and oxygen atoms in total. The minimum atomic E-state index is -0.962. The maximum Gasteiger partial charge on any atom is 0.334 e. The topological polar surface area (TPSA) is 96.0 Å². The first-order valence-electron chi connectivity index (χ1n) is 9.82. The molecule has 1 aliphatic rings. The van der Waals surface area contributed by atoms with Crippen LogP contribution in [0.1, 0.15) is 46.1 Å².